The number of nitrogens with one attached hydrogen (secondary N) is 1. The number of hydrogen-bond acceptors (Lipinski definition) is 3. The predicted molar refractivity (Wildman–Crippen MR) is 80.5 cm³/mol. The molecule has 0 radical (unpaired) electrons. The second-order valence-electron chi connectivity index (χ2n) is 5.43. The van der Waals surface area contributed by atoms with E-state index in [0.29, 0.717) is 11.6 Å². The third kappa shape index (κ3) is 3.25. The minimum atomic E-state index is -0.538. The van der Waals surface area contributed by atoms with Crippen LogP contribution in [0.2, 0.25) is 5.02 Å². The molecular formula is C14H19ClN2OS. The standard InChI is InChI=1S/C14H19ClN2OS/c1-14(2,8-16)13(18)17-11-5-6-19-12-4-3-9(15)7-10(11)12/h3-4,7,11H,5-6,8,16H2,1-2H3,(H,17,18). The fourth-order valence-corrected chi connectivity index (χ4v) is 3.25. The molecule has 0 aromatic heterocycles. The monoisotopic (exact) mass is 298 g/mol. The molecule has 0 saturated heterocycles. The van der Waals surface area contributed by atoms with Gasteiger partial charge < -0.3 is 11.1 Å². The fraction of sp³-hybridized carbons (Fsp3) is 0.500. The maximum atomic E-state index is 12.2. The molecule has 1 aromatic rings. The Morgan fingerprint density at radius 3 is 3.00 bits per heavy atom. The molecule has 0 saturated carbocycles. The van der Waals surface area contributed by atoms with E-state index in [1.165, 1.54) is 4.90 Å². The Hall–Kier alpha value is -0.710. The average molecular weight is 299 g/mol. The van der Waals surface area contributed by atoms with Crippen LogP contribution >= 0.6 is 23.4 Å². The Kier molecular flexibility index (Phi) is 4.43. The molecule has 1 aromatic carbocycles. The molecule has 104 valence electrons. The van der Waals surface area contributed by atoms with Crippen LogP contribution < -0.4 is 11.1 Å². The number of nitrogens with two attached hydrogens (primary N) is 1. The number of fused-ring (bicyclic) bond motifs is 1. The Balaban J connectivity index is 2.20. The molecule has 1 aliphatic rings. The van der Waals surface area contributed by atoms with Crippen LogP contribution in [0.1, 0.15) is 31.9 Å². The van der Waals surface area contributed by atoms with E-state index >= 15 is 0 Å². The Bertz CT molecular complexity index is 490. The Morgan fingerprint density at radius 1 is 1.58 bits per heavy atom. The van der Waals surface area contributed by atoms with E-state index in [0.717, 1.165) is 17.7 Å². The SMILES string of the molecule is CC(C)(CN)C(=O)NC1CCSc2ccc(Cl)cc21. The summed E-state index contributed by atoms with van der Waals surface area (Å²) in [5, 5.41) is 3.81. The predicted octanol–water partition coefficient (Wildman–Crippen LogP) is 2.98. The molecule has 0 bridgehead atoms. The van der Waals surface area contributed by atoms with Crippen molar-refractivity contribution in [1.29, 1.82) is 0 Å². The zero-order valence-electron chi connectivity index (χ0n) is 11.2. The van der Waals surface area contributed by atoms with Gasteiger partial charge in [-0.3, -0.25) is 4.79 Å². The molecule has 1 heterocycles. The van der Waals surface area contributed by atoms with Crippen LogP contribution in [0.25, 0.3) is 0 Å². The summed E-state index contributed by atoms with van der Waals surface area (Å²) >= 11 is 7.86. The summed E-state index contributed by atoms with van der Waals surface area (Å²) < 4.78 is 0. The minimum Gasteiger partial charge on any atom is -0.349 e. The van der Waals surface area contributed by atoms with E-state index in [4.69, 9.17) is 17.3 Å². The lowest BCUT2D eigenvalue weighted by Gasteiger charge is -2.30. The zero-order chi connectivity index (χ0) is 14.0. The largest absolute Gasteiger partial charge is 0.349 e. The number of carbonyl (C=O) groups excluding carboxylic acids is 1. The highest BCUT2D eigenvalue weighted by molar-refractivity contribution is 7.99. The molecule has 1 atom stereocenters. The first-order valence-electron chi connectivity index (χ1n) is 6.37. The molecule has 3 N–H and O–H groups in total. The Labute approximate surface area is 123 Å². The van der Waals surface area contributed by atoms with Gasteiger partial charge in [0.15, 0.2) is 0 Å². The van der Waals surface area contributed by atoms with Crippen LogP contribution in [0.15, 0.2) is 23.1 Å². The van der Waals surface area contributed by atoms with Gasteiger partial charge in [-0.1, -0.05) is 11.6 Å². The molecule has 3 nitrogen and oxygen atoms in total. The molecule has 2 rings (SSSR count). The van der Waals surface area contributed by atoms with Gasteiger partial charge >= 0.3 is 0 Å². The number of amides is 1. The zero-order valence-corrected chi connectivity index (χ0v) is 12.8. The molecule has 0 fully saturated rings. The minimum absolute atomic E-state index is 0.00201. The van der Waals surface area contributed by atoms with Crippen molar-refractivity contribution in [3.63, 3.8) is 0 Å². The topological polar surface area (TPSA) is 55.1 Å². The van der Waals surface area contributed by atoms with Gasteiger partial charge in [0, 0.05) is 22.2 Å². The van der Waals surface area contributed by atoms with Gasteiger partial charge in [0.2, 0.25) is 5.91 Å². The first-order chi connectivity index (χ1) is 8.94. The number of benzene rings is 1. The fourth-order valence-electron chi connectivity index (χ4n) is 1.96. The summed E-state index contributed by atoms with van der Waals surface area (Å²) in [6.45, 7) is 4.06. The van der Waals surface area contributed by atoms with Gasteiger partial charge in [-0.25, -0.2) is 0 Å². The second kappa shape index (κ2) is 5.73. The maximum absolute atomic E-state index is 12.2. The third-order valence-corrected chi connectivity index (χ3v) is 4.80. The summed E-state index contributed by atoms with van der Waals surface area (Å²) in [7, 11) is 0. The van der Waals surface area contributed by atoms with Gasteiger partial charge in [-0.2, -0.15) is 0 Å². The van der Waals surface area contributed by atoms with Crippen molar-refractivity contribution in [3.8, 4) is 0 Å². The number of rotatable bonds is 3. The van der Waals surface area contributed by atoms with E-state index in [1.807, 2.05) is 32.0 Å². The summed E-state index contributed by atoms with van der Waals surface area (Å²) in [5.41, 5.74) is 6.22. The third-order valence-electron chi connectivity index (χ3n) is 3.44. The number of carbonyl (C=O) groups is 1. The average Bonchev–Trinajstić information content (AvgIpc) is 2.39. The Morgan fingerprint density at radius 2 is 2.32 bits per heavy atom. The van der Waals surface area contributed by atoms with Crippen molar-refractivity contribution in [2.24, 2.45) is 11.1 Å². The first kappa shape index (κ1) is 14.7. The van der Waals surface area contributed by atoms with Crippen LogP contribution in [0.3, 0.4) is 0 Å². The number of thioether (sulfide) groups is 1. The number of halogens is 1. The molecule has 1 unspecified atom stereocenters. The van der Waals surface area contributed by atoms with Gasteiger partial charge in [-0.05, 0) is 44.0 Å². The van der Waals surface area contributed by atoms with E-state index in [1.54, 1.807) is 11.8 Å². The second-order valence-corrected chi connectivity index (χ2v) is 7.01. The lowest BCUT2D eigenvalue weighted by atomic mass is 9.91. The smallest absolute Gasteiger partial charge is 0.227 e. The van der Waals surface area contributed by atoms with Gasteiger partial charge in [0.1, 0.15) is 0 Å². The van der Waals surface area contributed by atoms with Gasteiger partial charge in [0.25, 0.3) is 0 Å². The summed E-state index contributed by atoms with van der Waals surface area (Å²) in [5.74, 6) is 1.00. The normalized spacial score (nSPS) is 18.8. The first-order valence-corrected chi connectivity index (χ1v) is 7.73. The molecule has 1 aliphatic heterocycles. The molecule has 19 heavy (non-hydrogen) atoms. The van der Waals surface area contributed by atoms with Crippen molar-refractivity contribution in [1.82, 2.24) is 5.32 Å². The lowest BCUT2D eigenvalue weighted by molar-refractivity contribution is -0.129. The van der Waals surface area contributed by atoms with Crippen LogP contribution in [-0.2, 0) is 4.79 Å². The van der Waals surface area contributed by atoms with E-state index < -0.39 is 5.41 Å². The molecule has 1 amide bonds. The van der Waals surface area contributed by atoms with Crippen molar-refractivity contribution in [2.75, 3.05) is 12.3 Å². The van der Waals surface area contributed by atoms with E-state index in [-0.39, 0.29) is 11.9 Å². The lowest BCUT2D eigenvalue weighted by Crippen LogP contribution is -2.43. The van der Waals surface area contributed by atoms with Gasteiger partial charge in [0.05, 0.1) is 11.5 Å². The van der Waals surface area contributed by atoms with Crippen LogP contribution in [0.5, 0.6) is 0 Å². The van der Waals surface area contributed by atoms with E-state index in [2.05, 4.69) is 5.32 Å². The molecular weight excluding hydrogens is 280 g/mol. The highest BCUT2D eigenvalue weighted by Gasteiger charge is 2.30. The quantitative estimate of drug-likeness (QED) is 0.902. The van der Waals surface area contributed by atoms with Crippen molar-refractivity contribution >= 4 is 29.3 Å². The number of hydrogen-bond donors (Lipinski definition) is 2. The summed E-state index contributed by atoms with van der Waals surface area (Å²) in [4.78, 5) is 13.4. The molecule has 0 spiro atoms. The van der Waals surface area contributed by atoms with E-state index in [9.17, 15) is 4.79 Å². The van der Waals surface area contributed by atoms with Crippen LogP contribution in [-0.4, -0.2) is 18.2 Å². The summed E-state index contributed by atoms with van der Waals surface area (Å²) in [6, 6.07) is 5.90. The molecule has 0 aliphatic carbocycles. The highest BCUT2D eigenvalue weighted by atomic mass is 35.5. The summed E-state index contributed by atoms with van der Waals surface area (Å²) in [6.07, 6.45) is 0.921. The van der Waals surface area contributed by atoms with Crippen LogP contribution in [0.4, 0.5) is 0 Å². The van der Waals surface area contributed by atoms with Gasteiger partial charge in [-0.15, -0.1) is 11.8 Å². The van der Waals surface area contributed by atoms with Crippen molar-refractivity contribution in [3.05, 3.63) is 28.8 Å². The maximum Gasteiger partial charge on any atom is 0.227 e. The molecule has 5 heteroatoms. The van der Waals surface area contributed by atoms with Crippen molar-refractivity contribution < 1.29 is 4.79 Å². The van der Waals surface area contributed by atoms with Crippen LogP contribution in [0, 0.1) is 5.41 Å². The van der Waals surface area contributed by atoms with Crippen molar-refractivity contribution in [2.45, 2.75) is 31.2 Å². The highest BCUT2D eigenvalue weighted by Crippen LogP contribution is 2.37.